The number of hydrogen-bond acceptors (Lipinski definition) is 3. The van der Waals surface area contributed by atoms with E-state index in [1.54, 1.807) is 16.7 Å². The van der Waals surface area contributed by atoms with Crippen LogP contribution in [0.25, 0.3) is 0 Å². The van der Waals surface area contributed by atoms with Crippen LogP contribution in [0.1, 0.15) is 12.5 Å². The summed E-state index contributed by atoms with van der Waals surface area (Å²) in [5, 5.41) is 2.69. The molecule has 5 heteroatoms. The van der Waals surface area contributed by atoms with E-state index in [-0.39, 0.29) is 24.4 Å². The Morgan fingerprint density at radius 1 is 1.30 bits per heavy atom. The van der Waals surface area contributed by atoms with Crippen molar-refractivity contribution in [1.82, 2.24) is 10.2 Å². The maximum Gasteiger partial charge on any atom is 0.243 e. The molecule has 1 saturated heterocycles. The van der Waals surface area contributed by atoms with Gasteiger partial charge in [0, 0.05) is 18.7 Å². The molecule has 1 aliphatic rings. The van der Waals surface area contributed by atoms with Crippen molar-refractivity contribution < 1.29 is 9.59 Å². The molecule has 4 nitrogen and oxygen atoms in total. The lowest BCUT2D eigenvalue weighted by Gasteiger charge is -2.35. The van der Waals surface area contributed by atoms with Crippen molar-refractivity contribution in [1.29, 1.82) is 0 Å². The van der Waals surface area contributed by atoms with Crippen molar-refractivity contribution in [3.8, 4) is 0 Å². The van der Waals surface area contributed by atoms with Gasteiger partial charge < -0.3 is 10.2 Å². The quantitative estimate of drug-likeness (QED) is 0.804. The number of thioether (sulfide) groups is 1. The fourth-order valence-corrected chi connectivity index (χ4v) is 2.94. The van der Waals surface area contributed by atoms with Crippen molar-refractivity contribution in [2.75, 3.05) is 24.6 Å². The Hall–Kier alpha value is -1.49. The van der Waals surface area contributed by atoms with E-state index in [1.807, 2.05) is 30.3 Å². The summed E-state index contributed by atoms with van der Waals surface area (Å²) in [7, 11) is 0. The van der Waals surface area contributed by atoms with Gasteiger partial charge >= 0.3 is 0 Å². The van der Waals surface area contributed by atoms with Crippen LogP contribution in [0.5, 0.6) is 0 Å². The molecule has 0 radical (unpaired) electrons. The number of nitrogens with zero attached hydrogens (tertiary/aromatic N) is 1. The lowest BCUT2D eigenvalue weighted by atomic mass is 10.0. The first-order chi connectivity index (χ1) is 9.72. The maximum absolute atomic E-state index is 12.1. The first-order valence-corrected chi connectivity index (χ1v) is 8.06. The van der Waals surface area contributed by atoms with E-state index in [9.17, 15) is 9.59 Å². The standard InChI is InChI=1S/C15H20N2O2S/c1-2-20-9-8-17-13(15(19)16-11-14(17)18)10-12-6-4-3-5-7-12/h3-7,13H,2,8-11H2,1H3,(H,16,19). The Morgan fingerprint density at radius 3 is 2.75 bits per heavy atom. The minimum Gasteiger partial charge on any atom is -0.345 e. The Bertz CT molecular complexity index is 464. The number of hydrogen-bond donors (Lipinski definition) is 1. The van der Waals surface area contributed by atoms with Gasteiger partial charge in [-0.3, -0.25) is 9.59 Å². The summed E-state index contributed by atoms with van der Waals surface area (Å²) >= 11 is 1.79. The van der Waals surface area contributed by atoms with Crippen molar-refractivity contribution in [3.63, 3.8) is 0 Å². The molecule has 1 atom stereocenters. The normalized spacial score (nSPS) is 19.1. The highest BCUT2D eigenvalue weighted by Crippen LogP contribution is 2.14. The monoisotopic (exact) mass is 292 g/mol. The Balaban J connectivity index is 2.07. The van der Waals surface area contributed by atoms with Gasteiger partial charge in [0.05, 0.1) is 6.54 Å². The molecule has 1 aromatic rings. The van der Waals surface area contributed by atoms with Crippen LogP contribution in [-0.2, 0) is 16.0 Å². The summed E-state index contributed by atoms with van der Waals surface area (Å²) < 4.78 is 0. The SMILES string of the molecule is CCSCCN1C(=O)CNC(=O)C1Cc1ccccc1. The highest BCUT2D eigenvalue weighted by molar-refractivity contribution is 7.99. The van der Waals surface area contributed by atoms with Crippen molar-refractivity contribution in [3.05, 3.63) is 35.9 Å². The van der Waals surface area contributed by atoms with Gasteiger partial charge in [-0.1, -0.05) is 37.3 Å². The van der Waals surface area contributed by atoms with Gasteiger partial charge in [-0.15, -0.1) is 0 Å². The van der Waals surface area contributed by atoms with Crippen LogP contribution >= 0.6 is 11.8 Å². The van der Waals surface area contributed by atoms with Gasteiger partial charge in [-0.05, 0) is 11.3 Å². The second-order valence-electron chi connectivity index (χ2n) is 4.71. The second-order valence-corrected chi connectivity index (χ2v) is 6.10. The second kappa shape index (κ2) is 7.33. The van der Waals surface area contributed by atoms with Crippen molar-refractivity contribution in [2.24, 2.45) is 0 Å². The van der Waals surface area contributed by atoms with Crippen LogP contribution < -0.4 is 5.32 Å². The van der Waals surface area contributed by atoms with Crippen LogP contribution in [0.3, 0.4) is 0 Å². The zero-order valence-corrected chi connectivity index (χ0v) is 12.5. The molecule has 0 spiro atoms. The molecule has 0 aliphatic carbocycles. The molecule has 2 amide bonds. The molecule has 2 rings (SSSR count). The third-order valence-electron chi connectivity index (χ3n) is 3.37. The number of nitrogens with one attached hydrogen (secondary N) is 1. The molecule has 1 unspecified atom stereocenters. The number of rotatable bonds is 6. The van der Waals surface area contributed by atoms with E-state index in [2.05, 4.69) is 12.2 Å². The predicted octanol–water partition coefficient (Wildman–Crippen LogP) is 1.31. The summed E-state index contributed by atoms with van der Waals surface area (Å²) in [5.41, 5.74) is 1.08. The number of benzene rings is 1. The fourth-order valence-electron chi connectivity index (χ4n) is 2.33. The van der Waals surface area contributed by atoms with Gasteiger partial charge in [-0.25, -0.2) is 0 Å². The zero-order valence-electron chi connectivity index (χ0n) is 11.7. The van der Waals surface area contributed by atoms with Crippen LogP contribution in [0, 0.1) is 0 Å². The third kappa shape index (κ3) is 3.76. The molecule has 20 heavy (non-hydrogen) atoms. The van der Waals surface area contributed by atoms with E-state index in [0.717, 1.165) is 17.1 Å². The first-order valence-electron chi connectivity index (χ1n) is 6.91. The van der Waals surface area contributed by atoms with Crippen LogP contribution in [-0.4, -0.2) is 47.4 Å². The highest BCUT2D eigenvalue weighted by atomic mass is 32.2. The smallest absolute Gasteiger partial charge is 0.243 e. The average Bonchev–Trinajstić information content (AvgIpc) is 2.47. The molecular formula is C15H20N2O2S. The largest absolute Gasteiger partial charge is 0.345 e. The summed E-state index contributed by atoms with van der Waals surface area (Å²) in [6.07, 6.45) is 0.579. The minimum absolute atomic E-state index is 0.0160. The Labute approximate surface area is 123 Å². The zero-order chi connectivity index (χ0) is 14.4. The number of amides is 2. The molecular weight excluding hydrogens is 272 g/mol. The van der Waals surface area contributed by atoms with Gasteiger partial charge in [-0.2, -0.15) is 11.8 Å². The highest BCUT2D eigenvalue weighted by Gasteiger charge is 2.33. The van der Waals surface area contributed by atoms with Gasteiger partial charge in [0.1, 0.15) is 6.04 Å². The van der Waals surface area contributed by atoms with Crippen LogP contribution in [0.4, 0.5) is 0 Å². The Kier molecular flexibility index (Phi) is 5.47. The molecule has 108 valence electrons. The minimum atomic E-state index is -0.379. The fraction of sp³-hybridized carbons (Fsp3) is 0.467. The summed E-state index contributed by atoms with van der Waals surface area (Å²) in [6.45, 7) is 2.86. The predicted molar refractivity (Wildman–Crippen MR) is 81.7 cm³/mol. The number of piperazine rings is 1. The van der Waals surface area contributed by atoms with Crippen molar-refractivity contribution >= 4 is 23.6 Å². The lowest BCUT2D eigenvalue weighted by molar-refractivity contribution is -0.145. The van der Waals surface area contributed by atoms with E-state index < -0.39 is 0 Å². The van der Waals surface area contributed by atoms with Gasteiger partial charge in [0.25, 0.3) is 0 Å². The molecule has 1 aliphatic heterocycles. The summed E-state index contributed by atoms with van der Waals surface area (Å²) in [5.74, 6) is 1.87. The topological polar surface area (TPSA) is 49.4 Å². The van der Waals surface area contributed by atoms with E-state index in [1.165, 1.54) is 0 Å². The van der Waals surface area contributed by atoms with E-state index >= 15 is 0 Å². The van der Waals surface area contributed by atoms with Crippen molar-refractivity contribution in [2.45, 2.75) is 19.4 Å². The first kappa shape index (κ1) is 14.9. The molecule has 0 aromatic heterocycles. The van der Waals surface area contributed by atoms with Gasteiger partial charge in [0.15, 0.2) is 0 Å². The number of carbonyl (C=O) groups is 2. The molecule has 0 saturated carbocycles. The van der Waals surface area contributed by atoms with E-state index in [0.29, 0.717) is 13.0 Å². The maximum atomic E-state index is 12.1. The van der Waals surface area contributed by atoms with E-state index in [4.69, 9.17) is 0 Å². The molecule has 1 aromatic carbocycles. The molecule has 0 bridgehead atoms. The average molecular weight is 292 g/mol. The molecule has 1 heterocycles. The third-order valence-corrected chi connectivity index (χ3v) is 4.25. The van der Waals surface area contributed by atoms with Crippen LogP contribution in [0.2, 0.25) is 0 Å². The molecule has 1 N–H and O–H groups in total. The summed E-state index contributed by atoms with van der Waals surface area (Å²) in [6, 6.07) is 9.46. The van der Waals surface area contributed by atoms with Gasteiger partial charge in [0.2, 0.25) is 11.8 Å². The number of carbonyl (C=O) groups excluding carboxylic acids is 2. The van der Waals surface area contributed by atoms with Crippen LogP contribution in [0.15, 0.2) is 30.3 Å². The summed E-state index contributed by atoms with van der Waals surface area (Å²) in [4.78, 5) is 25.8. The molecule has 1 fully saturated rings. The Morgan fingerprint density at radius 2 is 2.05 bits per heavy atom. The lowest BCUT2D eigenvalue weighted by Crippen LogP contribution is -2.59.